The summed E-state index contributed by atoms with van der Waals surface area (Å²) in [6.45, 7) is 8.69. The SMILES string of the molecule is Cc1ccc(C(C)(C)C)c(SCl)c1. The molecule has 1 aromatic rings. The molecule has 0 fully saturated rings. The van der Waals surface area contributed by atoms with E-state index in [0.29, 0.717) is 0 Å². The molecule has 0 amide bonds. The van der Waals surface area contributed by atoms with Crippen LogP contribution in [-0.2, 0) is 5.41 Å². The van der Waals surface area contributed by atoms with Crippen molar-refractivity contribution in [1.29, 1.82) is 0 Å². The molecule has 0 radical (unpaired) electrons. The van der Waals surface area contributed by atoms with Gasteiger partial charge in [-0.05, 0) is 51.2 Å². The van der Waals surface area contributed by atoms with Crippen molar-refractivity contribution in [3.05, 3.63) is 29.3 Å². The lowest BCUT2D eigenvalue weighted by Gasteiger charge is -2.21. The van der Waals surface area contributed by atoms with Crippen LogP contribution in [0.25, 0.3) is 0 Å². The smallest absolute Gasteiger partial charge is 0.0273 e. The number of benzene rings is 1. The van der Waals surface area contributed by atoms with Crippen molar-refractivity contribution < 1.29 is 0 Å². The molecule has 0 aliphatic carbocycles. The van der Waals surface area contributed by atoms with Gasteiger partial charge in [0.2, 0.25) is 0 Å². The molecule has 0 aliphatic rings. The lowest BCUT2D eigenvalue weighted by atomic mass is 9.86. The van der Waals surface area contributed by atoms with Gasteiger partial charge in [0.1, 0.15) is 0 Å². The maximum absolute atomic E-state index is 5.83. The van der Waals surface area contributed by atoms with Crippen LogP contribution in [0, 0.1) is 6.92 Å². The molecule has 0 N–H and O–H groups in total. The third kappa shape index (κ3) is 2.65. The summed E-state index contributed by atoms with van der Waals surface area (Å²) in [5.74, 6) is 0. The summed E-state index contributed by atoms with van der Waals surface area (Å²) < 4.78 is 0. The molecule has 0 atom stereocenters. The number of halogens is 1. The zero-order chi connectivity index (χ0) is 10.1. The van der Waals surface area contributed by atoms with Crippen LogP contribution in [0.15, 0.2) is 23.1 Å². The maximum Gasteiger partial charge on any atom is 0.0273 e. The summed E-state index contributed by atoms with van der Waals surface area (Å²) in [5.41, 5.74) is 2.75. The summed E-state index contributed by atoms with van der Waals surface area (Å²) >= 11 is 0. The first-order chi connectivity index (χ1) is 5.95. The van der Waals surface area contributed by atoms with E-state index in [1.165, 1.54) is 27.0 Å². The van der Waals surface area contributed by atoms with Crippen LogP contribution >= 0.6 is 21.7 Å². The van der Waals surface area contributed by atoms with Crippen LogP contribution in [0.2, 0.25) is 0 Å². The zero-order valence-corrected chi connectivity index (χ0v) is 10.1. The molecule has 0 aliphatic heterocycles. The molecule has 13 heavy (non-hydrogen) atoms. The predicted molar refractivity (Wildman–Crippen MR) is 61.6 cm³/mol. The second-order valence-corrected chi connectivity index (χ2v) is 5.38. The van der Waals surface area contributed by atoms with Crippen LogP contribution < -0.4 is 0 Å². The van der Waals surface area contributed by atoms with Crippen LogP contribution in [-0.4, -0.2) is 0 Å². The topological polar surface area (TPSA) is 0 Å². The first-order valence-corrected chi connectivity index (χ1v) is 5.99. The summed E-state index contributed by atoms with van der Waals surface area (Å²) in [7, 11) is 7.14. The largest absolute Gasteiger partial charge is 0.0590 e. The summed E-state index contributed by atoms with van der Waals surface area (Å²) in [4.78, 5) is 1.18. The Morgan fingerprint density at radius 3 is 2.31 bits per heavy atom. The van der Waals surface area contributed by atoms with Gasteiger partial charge in [0, 0.05) is 4.90 Å². The lowest BCUT2D eigenvalue weighted by Crippen LogP contribution is -2.12. The minimum atomic E-state index is 0.172. The van der Waals surface area contributed by atoms with Crippen LogP contribution in [0.3, 0.4) is 0 Å². The fraction of sp³-hybridized carbons (Fsp3) is 0.455. The third-order valence-electron chi connectivity index (χ3n) is 2.03. The van der Waals surface area contributed by atoms with E-state index in [9.17, 15) is 0 Å². The monoisotopic (exact) mass is 214 g/mol. The van der Waals surface area contributed by atoms with E-state index >= 15 is 0 Å². The van der Waals surface area contributed by atoms with Gasteiger partial charge in [-0.3, -0.25) is 0 Å². The average molecular weight is 215 g/mol. The second-order valence-electron chi connectivity index (χ2n) is 4.33. The van der Waals surface area contributed by atoms with E-state index in [4.69, 9.17) is 10.7 Å². The number of hydrogen-bond acceptors (Lipinski definition) is 1. The molecule has 1 rings (SSSR count). The molecule has 0 spiro atoms. The first-order valence-electron chi connectivity index (χ1n) is 4.35. The normalized spacial score (nSPS) is 11.8. The van der Waals surface area contributed by atoms with Crippen molar-refractivity contribution in [1.82, 2.24) is 0 Å². The van der Waals surface area contributed by atoms with Crippen molar-refractivity contribution >= 4 is 21.7 Å². The van der Waals surface area contributed by atoms with Gasteiger partial charge in [0.15, 0.2) is 0 Å². The van der Waals surface area contributed by atoms with E-state index in [2.05, 4.69) is 45.9 Å². The van der Waals surface area contributed by atoms with Gasteiger partial charge in [-0.15, -0.1) is 0 Å². The van der Waals surface area contributed by atoms with Gasteiger partial charge < -0.3 is 0 Å². The fourth-order valence-corrected chi connectivity index (χ4v) is 2.38. The average Bonchev–Trinajstić information content (AvgIpc) is 2.01. The Morgan fingerprint density at radius 1 is 1.23 bits per heavy atom. The van der Waals surface area contributed by atoms with Crippen molar-refractivity contribution in [2.24, 2.45) is 0 Å². The highest BCUT2D eigenvalue weighted by Crippen LogP contribution is 2.34. The highest BCUT2D eigenvalue weighted by molar-refractivity contribution is 8.21. The minimum absolute atomic E-state index is 0.172. The Bertz CT molecular complexity index is 299. The standard InChI is InChI=1S/C11H15ClS/c1-8-5-6-9(11(2,3)4)10(7-8)13-12/h5-7H,1-4H3. The summed E-state index contributed by atoms with van der Waals surface area (Å²) in [6.07, 6.45) is 0. The van der Waals surface area contributed by atoms with E-state index in [1.54, 1.807) is 0 Å². The molecule has 0 unspecified atom stereocenters. The first kappa shape index (κ1) is 10.9. The highest BCUT2D eigenvalue weighted by atomic mass is 35.7. The quantitative estimate of drug-likeness (QED) is 0.662. The van der Waals surface area contributed by atoms with Gasteiger partial charge in [-0.1, -0.05) is 32.9 Å². The number of aryl methyl sites for hydroxylation is 1. The Balaban J connectivity index is 3.22. The minimum Gasteiger partial charge on any atom is -0.0590 e. The molecule has 2 heteroatoms. The Morgan fingerprint density at radius 2 is 1.85 bits per heavy atom. The predicted octanol–water partition coefficient (Wildman–Crippen LogP) is 4.54. The zero-order valence-electron chi connectivity index (χ0n) is 8.52. The van der Waals surface area contributed by atoms with E-state index in [1.807, 2.05) is 0 Å². The van der Waals surface area contributed by atoms with Gasteiger partial charge in [0.05, 0.1) is 0 Å². The number of hydrogen-bond donors (Lipinski definition) is 0. The van der Waals surface area contributed by atoms with Crippen molar-refractivity contribution in [3.63, 3.8) is 0 Å². The van der Waals surface area contributed by atoms with Gasteiger partial charge in [-0.25, -0.2) is 0 Å². The highest BCUT2D eigenvalue weighted by Gasteiger charge is 2.17. The van der Waals surface area contributed by atoms with Crippen LogP contribution in [0.1, 0.15) is 31.9 Å². The van der Waals surface area contributed by atoms with Crippen LogP contribution in [0.4, 0.5) is 0 Å². The molecule has 0 nitrogen and oxygen atoms in total. The Hall–Kier alpha value is -0.140. The molecular weight excluding hydrogens is 200 g/mol. The molecule has 0 bridgehead atoms. The Kier molecular flexibility index (Phi) is 3.31. The molecule has 72 valence electrons. The van der Waals surface area contributed by atoms with Crippen LogP contribution in [0.5, 0.6) is 0 Å². The second kappa shape index (κ2) is 3.93. The van der Waals surface area contributed by atoms with Crippen molar-refractivity contribution in [2.75, 3.05) is 0 Å². The Labute approximate surface area is 89.2 Å². The van der Waals surface area contributed by atoms with Gasteiger partial charge >= 0.3 is 0 Å². The van der Waals surface area contributed by atoms with E-state index < -0.39 is 0 Å². The maximum atomic E-state index is 5.83. The van der Waals surface area contributed by atoms with Gasteiger partial charge in [0.25, 0.3) is 0 Å². The van der Waals surface area contributed by atoms with Crippen molar-refractivity contribution in [2.45, 2.75) is 38.0 Å². The van der Waals surface area contributed by atoms with E-state index in [0.717, 1.165) is 0 Å². The molecule has 0 heterocycles. The molecule has 0 saturated carbocycles. The molecular formula is C11H15ClS. The van der Waals surface area contributed by atoms with Crippen molar-refractivity contribution in [3.8, 4) is 0 Å². The lowest BCUT2D eigenvalue weighted by molar-refractivity contribution is 0.578. The molecule has 0 saturated heterocycles. The molecule has 0 aromatic heterocycles. The summed E-state index contributed by atoms with van der Waals surface area (Å²) in [6, 6.07) is 6.44. The van der Waals surface area contributed by atoms with Gasteiger partial charge in [-0.2, -0.15) is 0 Å². The fourth-order valence-electron chi connectivity index (χ4n) is 1.31. The number of rotatable bonds is 1. The third-order valence-corrected chi connectivity index (χ3v) is 3.03. The van der Waals surface area contributed by atoms with E-state index in [-0.39, 0.29) is 5.41 Å². The molecule has 1 aromatic carbocycles. The summed E-state index contributed by atoms with van der Waals surface area (Å²) in [5, 5.41) is 0.